The minimum absolute atomic E-state index is 0.201. The second kappa shape index (κ2) is 7.00. The molecule has 0 unspecified atom stereocenters. The number of benzene rings is 2. The standard InChI is InChI=1S/C19H15NO5/c1-12(21)24-16-9-7-13(11-17(16)23-2)8-10-18-20-15-6-4-3-5-14(15)19(22)25-18/h3-11H,1-2H3. The highest BCUT2D eigenvalue weighted by atomic mass is 16.6. The SMILES string of the molecule is COc1cc(C=Cc2nc3ccccc3c(=O)o2)ccc1OC(C)=O. The molecule has 0 saturated heterocycles. The van der Waals surface area contributed by atoms with Crippen molar-refractivity contribution in [3.8, 4) is 11.5 Å². The zero-order valence-corrected chi connectivity index (χ0v) is 13.7. The van der Waals surface area contributed by atoms with E-state index in [0.717, 1.165) is 5.56 Å². The van der Waals surface area contributed by atoms with Crippen molar-refractivity contribution in [3.05, 3.63) is 64.3 Å². The molecule has 126 valence electrons. The highest BCUT2D eigenvalue weighted by Gasteiger charge is 2.07. The Kier molecular flexibility index (Phi) is 4.61. The number of nitrogens with zero attached hydrogens (tertiary/aromatic N) is 1. The summed E-state index contributed by atoms with van der Waals surface area (Å²) < 4.78 is 15.5. The van der Waals surface area contributed by atoms with Gasteiger partial charge in [-0.15, -0.1) is 0 Å². The van der Waals surface area contributed by atoms with Crippen LogP contribution in [0, 0.1) is 0 Å². The average molecular weight is 337 g/mol. The van der Waals surface area contributed by atoms with Crippen molar-refractivity contribution >= 4 is 29.0 Å². The lowest BCUT2D eigenvalue weighted by molar-refractivity contribution is -0.132. The number of esters is 1. The number of methoxy groups -OCH3 is 1. The third-order valence-electron chi connectivity index (χ3n) is 3.41. The summed E-state index contributed by atoms with van der Waals surface area (Å²) in [7, 11) is 1.49. The summed E-state index contributed by atoms with van der Waals surface area (Å²) in [5, 5.41) is 0.437. The molecule has 2 aromatic carbocycles. The first kappa shape index (κ1) is 16.4. The molecule has 6 nitrogen and oxygen atoms in total. The van der Waals surface area contributed by atoms with E-state index in [0.29, 0.717) is 22.4 Å². The van der Waals surface area contributed by atoms with Crippen LogP contribution >= 0.6 is 0 Å². The fourth-order valence-corrected chi connectivity index (χ4v) is 2.30. The highest BCUT2D eigenvalue weighted by molar-refractivity contribution is 5.78. The molecule has 0 aliphatic heterocycles. The fraction of sp³-hybridized carbons (Fsp3) is 0.105. The third-order valence-corrected chi connectivity index (χ3v) is 3.41. The normalized spacial score (nSPS) is 11.0. The summed E-state index contributed by atoms with van der Waals surface area (Å²) in [6.45, 7) is 1.32. The van der Waals surface area contributed by atoms with Crippen LogP contribution in [0.15, 0.2) is 51.7 Å². The number of hydrogen-bond acceptors (Lipinski definition) is 6. The molecule has 0 spiro atoms. The number of carbonyl (C=O) groups is 1. The average Bonchev–Trinajstić information content (AvgIpc) is 2.60. The Hall–Kier alpha value is -3.41. The first-order valence-corrected chi connectivity index (χ1v) is 7.51. The van der Waals surface area contributed by atoms with E-state index < -0.39 is 11.6 Å². The van der Waals surface area contributed by atoms with Crippen LogP contribution in [-0.4, -0.2) is 18.1 Å². The quantitative estimate of drug-likeness (QED) is 0.537. The number of ether oxygens (including phenoxy) is 2. The molecule has 3 rings (SSSR count). The zero-order chi connectivity index (χ0) is 17.8. The molecule has 3 aromatic rings. The Morgan fingerprint density at radius 3 is 2.68 bits per heavy atom. The molecule has 6 heteroatoms. The van der Waals surface area contributed by atoms with E-state index in [1.54, 1.807) is 54.6 Å². The largest absolute Gasteiger partial charge is 0.493 e. The summed E-state index contributed by atoms with van der Waals surface area (Å²) in [5.41, 5.74) is 0.902. The Morgan fingerprint density at radius 1 is 1.12 bits per heavy atom. The van der Waals surface area contributed by atoms with Gasteiger partial charge in [0.05, 0.1) is 18.0 Å². The van der Waals surface area contributed by atoms with E-state index in [9.17, 15) is 9.59 Å². The van der Waals surface area contributed by atoms with Crippen molar-refractivity contribution in [1.29, 1.82) is 0 Å². The van der Waals surface area contributed by atoms with Gasteiger partial charge in [-0.3, -0.25) is 4.79 Å². The van der Waals surface area contributed by atoms with Gasteiger partial charge >= 0.3 is 11.6 Å². The van der Waals surface area contributed by atoms with E-state index in [2.05, 4.69) is 4.98 Å². The maximum Gasteiger partial charge on any atom is 0.347 e. The molecular weight excluding hydrogens is 322 g/mol. The van der Waals surface area contributed by atoms with E-state index in [-0.39, 0.29) is 5.89 Å². The number of carbonyl (C=O) groups excluding carboxylic acids is 1. The van der Waals surface area contributed by atoms with Gasteiger partial charge in [-0.05, 0) is 35.9 Å². The first-order valence-electron chi connectivity index (χ1n) is 7.51. The van der Waals surface area contributed by atoms with Gasteiger partial charge in [0.1, 0.15) is 0 Å². The Balaban J connectivity index is 1.91. The van der Waals surface area contributed by atoms with Gasteiger partial charge in [0, 0.05) is 13.0 Å². The molecule has 1 heterocycles. The van der Waals surface area contributed by atoms with Crippen LogP contribution in [0.3, 0.4) is 0 Å². The minimum Gasteiger partial charge on any atom is -0.493 e. The van der Waals surface area contributed by atoms with Crippen LogP contribution in [0.1, 0.15) is 18.4 Å². The summed E-state index contributed by atoms with van der Waals surface area (Å²) >= 11 is 0. The van der Waals surface area contributed by atoms with Gasteiger partial charge in [-0.25, -0.2) is 9.78 Å². The summed E-state index contributed by atoms with van der Waals surface area (Å²) in [4.78, 5) is 27.3. The van der Waals surface area contributed by atoms with Crippen molar-refractivity contribution in [2.24, 2.45) is 0 Å². The number of fused-ring (bicyclic) bond motifs is 1. The summed E-state index contributed by atoms with van der Waals surface area (Å²) in [5.74, 6) is 0.531. The number of rotatable bonds is 4. The van der Waals surface area contributed by atoms with E-state index >= 15 is 0 Å². The van der Waals surface area contributed by atoms with Gasteiger partial charge in [-0.1, -0.05) is 18.2 Å². The topological polar surface area (TPSA) is 78.6 Å². The number of para-hydroxylation sites is 1. The van der Waals surface area contributed by atoms with E-state index in [1.807, 2.05) is 0 Å². The van der Waals surface area contributed by atoms with Crippen molar-refractivity contribution < 1.29 is 18.7 Å². The Labute approximate surface area is 143 Å². The zero-order valence-electron chi connectivity index (χ0n) is 13.7. The lowest BCUT2D eigenvalue weighted by Gasteiger charge is -2.08. The second-order valence-electron chi connectivity index (χ2n) is 5.19. The molecule has 0 amide bonds. The predicted molar refractivity (Wildman–Crippen MR) is 93.5 cm³/mol. The van der Waals surface area contributed by atoms with Crippen LogP contribution in [0.2, 0.25) is 0 Å². The van der Waals surface area contributed by atoms with Crippen molar-refractivity contribution in [2.45, 2.75) is 6.92 Å². The fourth-order valence-electron chi connectivity index (χ4n) is 2.30. The van der Waals surface area contributed by atoms with Gasteiger partial charge in [-0.2, -0.15) is 0 Å². The lowest BCUT2D eigenvalue weighted by Crippen LogP contribution is -2.03. The second-order valence-corrected chi connectivity index (χ2v) is 5.19. The first-order chi connectivity index (χ1) is 12.1. The van der Waals surface area contributed by atoms with Crippen LogP contribution in [0.5, 0.6) is 11.5 Å². The van der Waals surface area contributed by atoms with Crippen molar-refractivity contribution in [2.75, 3.05) is 7.11 Å². The third kappa shape index (κ3) is 3.74. The molecule has 0 bridgehead atoms. The molecule has 0 radical (unpaired) electrons. The van der Waals surface area contributed by atoms with Crippen LogP contribution in [0.4, 0.5) is 0 Å². The molecule has 0 N–H and O–H groups in total. The number of aromatic nitrogens is 1. The molecule has 1 aromatic heterocycles. The number of hydrogen-bond donors (Lipinski definition) is 0. The predicted octanol–water partition coefficient (Wildman–Crippen LogP) is 3.29. The van der Waals surface area contributed by atoms with Gasteiger partial charge in [0.2, 0.25) is 5.89 Å². The van der Waals surface area contributed by atoms with Gasteiger partial charge < -0.3 is 13.9 Å². The molecule has 25 heavy (non-hydrogen) atoms. The van der Waals surface area contributed by atoms with E-state index in [1.165, 1.54) is 14.0 Å². The molecular formula is C19H15NO5. The summed E-state index contributed by atoms with van der Waals surface area (Å²) in [6, 6.07) is 12.1. The maximum absolute atomic E-state index is 11.9. The van der Waals surface area contributed by atoms with Crippen LogP contribution < -0.4 is 15.1 Å². The Morgan fingerprint density at radius 2 is 1.92 bits per heavy atom. The van der Waals surface area contributed by atoms with Crippen LogP contribution in [0.25, 0.3) is 23.1 Å². The summed E-state index contributed by atoms with van der Waals surface area (Å²) in [6.07, 6.45) is 3.31. The van der Waals surface area contributed by atoms with Gasteiger partial charge in [0.25, 0.3) is 0 Å². The van der Waals surface area contributed by atoms with E-state index in [4.69, 9.17) is 13.9 Å². The monoisotopic (exact) mass is 337 g/mol. The smallest absolute Gasteiger partial charge is 0.347 e. The molecule has 0 atom stereocenters. The molecule has 0 saturated carbocycles. The van der Waals surface area contributed by atoms with Crippen LogP contribution in [-0.2, 0) is 4.79 Å². The highest BCUT2D eigenvalue weighted by Crippen LogP contribution is 2.28. The molecule has 0 fully saturated rings. The lowest BCUT2D eigenvalue weighted by atomic mass is 10.2. The Bertz CT molecular complexity index is 1020. The van der Waals surface area contributed by atoms with Gasteiger partial charge in [0.15, 0.2) is 11.5 Å². The van der Waals surface area contributed by atoms with Crippen molar-refractivity contribution in [1.82, 2.24) is 4.98 Å². The molecule has 0 aliphatic carbocycles. The van der Waals surface area contributed by atoms with Crippen molar-refractivity contribution in [3.63, 3.8) is 0 Å². The minimum atomic E-state index is -0.437. The molecule has 0 aliphatic rings. The maximum atomic E-state index is 11.9.